The van der Waals surface area contributed by atoms with Crippen LogP contribution in [0.15, 0.2) is 109 Å². The Kier molecular flexibility index (Phi) is 5.66. The van der Waals surface area contributed by atoms with Crippen LogP contribution in [0, 0.1) is 39.0 Å². The monoisotopic (exact) mass is 490 g/mol. The molecule has 5 aromatic rings. The lowest BCUT2D eigenvalue weighted by molar-refractivity contribution is 0.730. The van der Waals surface area contributed by atoms with Gasteiger partial charge >= 0.3 is 0 Å². The topological polar surface area (TPSA) is 27.0 Å². The molecule has 0 aromatic heterocycles. The summed E-state index contributed by atoms with van der Waals surface area (Å²) in [5.74, 6) is 0. The Hall–Kier alpha value is -4.61. The van der Waals surface area contributed by atoms with Crippen molar-refractivity contribution in [3.8, 4) is 6.07 Å². The van der Waals surface area contributed by atoms with Crippen molar-refractivity contribution >= 4 is 17.1 Å². The van der Waals surface area contributed by atoms with Gasteiger partial charge in [-0.15, -0.1) is 0 Å². The van der Waals surface area contributed by atoms with E-state index in [-0.39, 0.29) is 0 Å². The average molecular weight is 491 g/mol. The summed E-state index contributed by atoms with van der Waals surface area (Å²) in [5.41, 5.74) is 13.1. The number of nitrogens with zero attached hydrogens (tertiary/aromatic N) is 2. The van der Waals surface area contributed by atoms with Gasteiger partial charge in [-0.05, 0) is 84.3 Å². The van der Waals surface area contributed by atoms with Gasteiger partial charge in [0.05, 0.1) is 34.1 Å². The molecule has 1 heterocycles. The zero-order valence-electron chi connectivity index (χ0n) is 22.3. The third-order valence-electron chi connectivity index (χ3n) is 8.43. The van der Waals surface area contributed by atoms with Crippen molar-refractivity contribution in [1.29, 1.82) is 5.26 Å². The highest BCUT2D eigenvalue weighted by molar-refractivity contribution is 5.92. The number of benzene rings is 5. The molecule has 0 aliphatic carbocycles. The standard InChI is InChI=1S/C36H30N2/c1-24-26(3)35(27(4)25(2)30(24)23-37)38-33-21-13-11-19-31(33)36(28-15-7-5-8-16-28,29-17-9-6-10-18-29)32-20-12-14-22-34(32)38/h5-22H,1-4H3. The van der Waals surface area contributed by atoms with Crippen molar-refractivity contribution in [2.24, 2.45) is 0 Å². The molecule has 1 aliphatic rings. The molecule has 0 bridgehead atoms. The second-order valence-electron chi connectivity index (χ2n) is 10.2. The Morgan fingerprint density at radius 2 is 0.921 bits per heavy atom. The van der Waals surface area contributed by atoms with Gasteiger partial charge in [-0.3, -0.25) is 0 Å². The van der Waals surface area contributed by atoms with Gasteiger partial charge in [-0.2, -0.15) is 5.26 Å². The van der Waals surface area contributed by atoms with E-state index in [2.05, 4.69) is 148 Å². The van der Waals surface area contributed by atoms with E-state index < -0.39 is 5.41 Å². The molecule has 0 unspecified atom stereocenters. The molecule has 38 heavy (non-hydrogen) atoms. The predicted octanol–water partition coefficient (Wildman–Crippen LogP) is 8.96. The maximum absolute atomic E-state index is 9.92. The highest BCUT2D eigenvalue weighted by Crippen LogP contribution is 2.58. The summed E-state index contributed by atoms with van der Waals surface area (Å²) in [7, 11) is 0. The van der Waals surface area contributed by atoms with Crippen LogP contribution >= 0.6 is 0 Å². The van der Waals surface area contributed by atoms with E-state index in [0.717, 1.165) is 44.9 Å². The van der Waals surface area contributed by atoms with Gasteiger partial charge in [0.1, 0.15) is 0 Å². The molecule has 0 spiro atoms. The molecule has 5 aromatic carbocycles. The number of para-hydroxylation sites is 2. The Labute approximate surface area is 225 Å². The van der Waals surface area contributed by atoms with Gasteiger partial charge in [0, 0.05) is 0 Å². The van der Waals surface area contributed by atoms with E-state index in [4.69, 9.17) is 0 Å². The summed E-state index contributed by atoms with van der Waals surface area (Å²) in [5, 5.41) is 9.92. The summed E-state index contributed by atoms with van der Waals surface area (Å²) in [6, 6.07) is 41.8. The first kappa shape index (κ1) is 23.8. The van der Waals surface area contributed by atoms with Crippen molar-refractivity contribution in [2.45, 2.75) is 33.1 Å². The molecule has 6 rings (SSSR count). The van der Waals surface area contributed by atoms with Crippen LogP contribution in [0.4, 0.5) is 17.1 Å². The third kappa shape index (κ3) is 3.19. The van der Waals surface area contributed by atoms with E-state index >= 15 is 0 Å². The number of hydrogen-bond acceptors (Lipinski definition) is 2. The summed E-state index contributed by atoms with van der Waals surface area (Å²) in [6.45, 7) is 8.45. The molecule has 2 heteroatoms. The minimum atomic E-state index is -0.481. The predicted molar refractivity (Wildman–Crippen MR) is 157 cm³/mol. The second kappa shape index (κ2) is 9.05. The zero-order valence-corrected chi connectivity index (χ0v) is 22.3. The maximum Gasteiger partial charge on any atom is 0.0997 e. The third-order valence-corrected chi connectivity index (χ3v) is 8.43. The van der Waals surface area contributed by atoms with Gasteiger partial charge < -0.3 is 4.90 Å². The molecule has 0 atom stereocenters. The number of fused-ring (bicyclic) bond motifs is 2. The van der Waals surface area contributed by atoms with E-state index in [9.17, 15) is 5.26 Å². The first-order valence-electron chi connectivity index (χ1n) is 13.1. The Morgan fingerprint density at radius 3 is 1.34 bits per heavy atom. The van der Waals surface area contributed by atoms with Crippen LogP contribution in [0.2, 0.25) is 0 Å². The highest BCUT2D eigenvalue weighted by Gasteiger charge is 2.46. The highest BCUT2D eigenvalue weighted by atomic mass is 15.2. The summed E-state index contributed by atoms with van der Waals surface area (Å²) in [6.07, 6.45) is 0. The molecule has 0 N–H and O–H groups in total. The lowest BCUT2D eigenvalue weighted by Crippen LogP contribution is -2.38. The number of nitriles is 1. The van der Waals surface area contributed by atoms with E-state index in [1.54, 1.807) is 0 Å². The van der Waals surface area contributed by atoms with E-state index in [1.165, 1.54) is 22.3 Å². The van der Waals surface area contributed by atoms with Gasteiger partial charge in [0.2, 0.25) is 0 Å². The van der Waals surface area contributed by atoms with Crippen molar-refractivity contribution < 1.29 is 0 Å². The number of hydrogen-bond donors (Lipinski definition) is 0. The van der Waals surface area contributed by atoms with Crippen molar-refractivity contribution in [1.82, 2.24) is 0 Å². The van der Waals surface area contributed by atoms with E-state index in [0.29, 0.717) is 0 Å². The van der Waals surface area contributed by atoms with Gasteiger partial charge in [0.25, 0.3) is 0 Å². The molecule has 184 valence electrons. The minimum absolute atomic E-state index is 0.481. The first-order valence-corrected chi connectivity index (χ1v) is 13.1. The fraction of sp³-hybridized carbons (Fsp3) is 0.139. The average Bonchev–Trinajstić information content (AvgIpc) is 2.97. The van der Waals surface area contributed by atoms with Crippen molar-refractivity contribution in [2.75, 3.05) is 4.90 Å². The smallest absolute Gasteiger partial charge is 0.0997 e. The quantitative estimate of drug-likeness (QED) is 0.247. The fourth-order valence-electron chi connectivity index (χ4n) is 6.45. The molecule has 2 nitrogen and oxygen atoms in total. The molecule has 0 amide bonds. The number of anilines is 3. The van der Waals surface area contributed by atoms with Gasteiger partial charge in [-0.25, -0.2) is 0 Å². The largest absolute Gasteiger partial charge is 0.309 e. The Morgan fingerprint density at radius 1 is 0.526 bits per heavy atom. The molecule has 1 aliphatic heterocycles. The van der Waals surface area contributed by atoms with Crippen molar-refractivity contribution in [3.63, 3.8) is 0 Å². The molecule has 0 radical (unpaired) electrons. The van der Waals surface area contributed by atoms with Crippen LogP contribution in [-0.4, -0.2) is 0 Å². The molecule has 0 saturated carbocycles. The van der Waals surface area contributed by atoms with Crippen LogP contribution in [0.3, 0.4) is 0 Å². The van der Waals surface area contributed by atoms with Crippen LogP contribution in [0.5, 0.6) is 0 Å². The molecular weight excluding hydrogens is 460 g/mol. The Balaban J connectivity index is 1.79. The minimum Gasteiger partial charge on any atom is -0.309 e. The SMILES string of the molecule is Cc1c(C)c(N2c3ccccc3C(c3ccccc3)(c3ccccc3)c3ccccc32)c(C)c(C)c1C#N. The zero-order chi connectivity index (χ0) is 26.4. The van der Waals surface area contributed by atoms with Gasteiger partial charge in [-0.1, -0.05) is 97.1 Å². The molecule has 0 fully saturated rings. The first-order chi connectivity index (χ1) is 18.5. The summed E-state index contributed by atoms with van der Waals surface area (Å²) in [4.78, 5) is 2.43. The van der Waals surface area contributed by atoms with Gasteiger partial charge in [0.15, 0.2) is 0 Å². The lowest BCUT2D eigenvalue weighted by Gasteiger charge is -2.47. The second-order valence-corrected chi connectivity index (χ2v) is 10.2. The van der Waals surface area contributed by atoms with Crippen LogP contribution in [0.1, 0.15) is 50.1 Å². The Bertz CT molecular complexity index is 1590. The van der Waals surface area contributed by atoms with Crippen LogP contribution < -0.4 is 4.90 Å². The van der Waals surface area contributed by atoms with E-state index in [1.807, 2.05) is 0 Å². The summed E-state index contributed by atoms with van der Waals surface area (Å²) >= 11 is 0. The normalized spacial score (nSPS) is 13.4. The maximum atomic E-state index is 9.92. The van der Waals surface area contributed by atoms with Crippen molar-refractivity contribution in [3.05, 3.63) is 159 Å². The van der Waals surface area contributed by atoms with Crippen LogP contribution in [-0.2, 0) is 5.41 Å². The molecule has 0 saturated heterocycles. The fourth-order valence-corrected chi connectivity index (χ4v) is 6.45. The molecular formula is C36H30N2. The summed E-state index contributed by atoms with van der Waals surface area (Å²) < 4.78 is 0. The lowest BCUT2D eigenvalue weighted by atomic mass is 9.62. The number of rotatable bonds is 3. The van der Waals surface area contributed by atoms with Crippen LogP contribution in [0.25, 0.3) is 0 Å².